The highest BCUT2D eigenvalue weighted by atomic mass is 16.5. The molecule has 19 heavy (non-hydrogen) atoms. The van der Waals surface area contributed by atoms with Crippen LogP contribution in [0.25, 0.3) is 11.1 Å². The van der Waals surface area contributed by atoms with Crippen LogP contribution in [-0.2, 0) is 0 Å². The van der Waals surface area contributed by atoms with Crippen LogP contribution in [0.4, 0.5) is 0 Å². The molecule has 0 aliphatic heterocycles. The largest absolute Gasteiger partial charge is 0.480 e. The Bertz CT molecular complexity index is 649. The van der Waals surface area contributed by atoms with E-state index >= 15 is 0 Å². The minimum Gasteiger partial charge on any atom is -0.480 e. The average molecular weight is 246 g/mol. The maximum atomic E-state index is 5.70. The molecule has 0 unspecified atom stereocenters. The Hall–Kier alpha value is -2.64. The van der Waals surface area contributed by atoms with Crippen LogP contribution in [0.15, 0.2) is 54.6 Å². The highest BCUT2D eigenvalue weighted by Gasteiger charge is 2.03. The van der Waals surface area contributed by atoms with Crippen LogP contribution in [0.1, 0.15) is 6.92 Å². The van der Waals surface area contributed by atoms with E-state index in [4.69, 9.17) is 4.74 Å². The predicted molar refractivity (Wildman–Crippen MR) is 78.6 cm³/mol. The second-order valence-electron chi connectivity index (χ2n) is 3.83. The summed E-state index contributed by atoms with van der Waals surface area (Å²) < 4.78 is 5.70. The summed E-state index contributed by atoms with van der Waals surface area (Å²) in [5, 5.41) is 0. The molecule has 1 nitrogen and oxygen atoms in total. The van der Waals surface area contributed by atoms with Crippen LogP contribution >= 0.6 is 0 Å². The lowest BCUT2D eigenvalue weighted by Crippen LogP contribution is -1.95. The summed E-state index contributed by atoms with van der Waals surface area (Å²) in [6.45, 7) is 2.11. The Labute approximate surface area is 114 Å². The first kappa shape index (κ1) is 12.8. The minimum atomic E-state index is 0.346. The minimum absolute atomic E-state index is 0.346. The fourth-order valence-electron chi connectivity index (χ4n) is 1.71. The van der Waals surface area contributed by atoms with Gasteiger partial charge < -0.3 is 4.74 Å². The summed E-state index contributed by atoms with van der Waals surface area (Å²) >= 11 is 0. The lowest BCUT2D eigenvalue weighted by atomic mass is 10.1. The monoisotopic (exact) mass is 246 g/mol. The maximum absolute atomic E-state index is 5.70. The van der Waals surface area contributed by atoms with Crippen molar-refractivity contribution in [1.82, 2.24) is 0 Å². The van der Waals surface area contributed by atoms with Crippen molar-refractivity contribution in [2.24, 2.45) is 0 Å². The molecule has 1 heteroatoms. The van der Waals surface area contributed by atoms with Gasteiger partial charge in [-0.2, -0.15) is 0 Å². The van der Waals surface area contributed by atoms with Crippen molar-refractivity contribution >= 4 is 0 Å². The van der Waals surface area contributed by atoms with E-state index in [1.54, 1.807) is 6.92 Å². The zero-order valence-corrected chi connectivity index (χ0v) is 10.8. The van der Waals surface area contributed by atoms with Crippen molar-refractivity contribution in [2.75, 3.05) is 6.61 Å². The molecule has 0 N–H and O–H groups in total. The molecular weight excluding hydrogens is 232 g/mol. The molecular formula is C18H14O. The van der Waals surface area contributed by atoms with Crippen molar-refractivity contribution in [3.05, 3.63) is 54.6 Å². The Balaban J connectivity index is 2.18. The van der Waals surface area contributed by atoms with Gasteiger partial charge in [0.1, 0.15) is 12.4 Å². The molecule has 0 radical (unpaired) electrons. The Kier molecular flexibility index (Phi) is 4.68. The smallest absolute Gasteiger partial charge is 0.150 e. The van der Waals surface area contributed by atoms with E-state index in [0.29, 0.717) is 6.61 Å². The van der Waals surface area contributed by atoms with Gasteiger partial charge in [0.15, 0.2) is 0 Å². The summed E-state index contributed by atoms with van der Waals surface area (Å²) in [6, 6.07) is 18.1. The third-order valence-corrected chi connectivity index (χ3v) is 2.55. The molecule has 0 fully saturated rings. The third kappa shape index (κ3) is 3.66. The summed E-state index contributed by atoms with van der Waals surface area (Å²) in [6.07, 6.45) is 0. The summed E-state index contributed by atoms with van der Waals surface area (Å²) in [4.78, 5) is 0. The van der Waals surface area contributed by atoms with Gasteiger partial charge in [-0.05, 0) is 36.3 Å². The standard InChI is InChI=1S/C18H14O/c1-2-3-4-10-15-19-18-14-9-8-13-17(18)16-11-6-5-7-12-16/h5-9,11-14H,15H2,1H3. The molecule has 0 bridgehead atoms. The van der Waals surface area contributed by atoms with Crippen molar-refractivity contribution in [1.29, 1.82) is 0 Å². The molecule has 2 aromatic carbocycles. The molecule has 2 aromatic rings. The highest BCUT2D eigenvalue weighted by molar-refractivity contribution is 5.70. The van der Waals surface area contributed by atoms with Crippen LogP contribution in [0.5, 0.6) is 5.75 Å². The molecule has 2 rings (SSSR count). The Morgan fingerprint density at radius 1 is 0.895 bits per heavy atom. The fourth-order valence-corrected chi connectivity index (χ4v) is 1.71. The van der Waals surface area contributed by atoms with Gasteiger partial charge in [-0.25, -0.2) is 0 Å². The van der Waals surface area contributed by atoms with Crippen molar-refractivity contribution in [3.63, 3.8) is 0 Å². The highest BCUT2D eigenvalue weighted by Crippen LogP contribution is 2.29. The van der Waals surface area contributed by atoms with Crippen LogP contribution in [-0.4, -0.2) is 6.61 Å². The summed E-state index contributed by atoms with van der Waals surface area (Å²) in [5.41, 5.74) is 2.21. The normalized spacial score (nSPS) is 8.68. The fraction of sp³-hybridized carbons (Fsp3) is 0.111. The predicted octanol–water partition coefficient (Wildman–Crippen LogP) is 3.76. The molecule has 0 aliphatic rings. The third-order valence-electron chi connectivity index (χ3n) is 2.55. The average Bonchev–Trinajstić information content (AvgIpc) is 2.48. The molecule has 0 amide bonds. The molecule has 0 saturated carbocycles. The maximum Gasteiger partial charge on any atom is 0.150 e. The van der Waals surface area contributed by atoms with Crippen LogP contribution in [0.2, 0.25) is 0 Å². The van der Waals surface area contributed by atoms with E-state index in [2.05, 4.69) is 35.8 Å². The van der Waals surface area contributed by atoms with Gasteiger partial charge in [0.05, 0.1) is 0 Å². The molecule has 0 atom stereocenters. The van der Waals surface area contributed by atoms with Gasteiger partial charge in [-0.15, -0.1) is 0 Å². The number of hydrogen-bond donors (Lipinski definition) is 0. The van der Waals surface area contributed by atoms with Crippen LogP contribution in [0.3, 0.4) is 0 Å². The van der Waals surface area contributed by atoms with Crippen LogP contribution < -0.4 is 4.74 Å². The lowest BCUT2D eigenvalue weighted by molar-refractivity contribution is 0.372. The molecule has 0 aliphatic carbocycles. The van der Waals surface area contributed by atoms with Crippen molar-refractivity contribution in [3.8, 4) is 40.6 Å². The summed E-state index contributed by atoms with van der Waals surface area (Å²) in [5.74, 6) is 11.9. The SMILES string of the molecule is CC#CC#CCOc1ccccc1-c1ccccc1. The lowest BCUT2D eigenvalue weighted by Gasteiger charge is -2.09. The van der Waals surface area contributed by atoms with Gasteiger partial charge >= 0.3 is 0 Å². The Morgan fingerprint density at radius 3 is 2.42 bits per heavy atom. The zero-order valence-electron chi connectivity index (χ0n) is 10.8. The first-order valence-electron chi connectivity index (χ1n) is 6.08. The van der Waals surface area contributed by atoms with Gasteiger partial charge in [-0.1, -0.05) is 54.5 Å². The van der Waals surface area contributed by atoms with E-state index in [1.165, 1.54) is 0 Å². The molecule has 0 saturated heterocycles. The Morgan fingerprint density at radius 2 is 1.63 bits per heavy atom. The number of rotatable bonds is 3. The topological polar surface area (TPSA) is 9.23 Å². The number of hydrogen-bond acceptors (Lipinski definition) is 1. The van der Waals surface area contributed by atoms with Gasteiger partial charge in [0, 0.05) is 5.56 Å². The van der Waals surface area contributed by atoms with Crippen LogP contribution in [0, 0.1) is 23.7 Å². The molecule has 92 valence electrons. The van der Waals surface area contributed by atoms with E-state index in [0.717, 1.165) is 16.9 Å². The zero-order chi connectivity index (χ0) is 13.3. The summed E-state index contributed by atoms with van der Waals surface area (Å²) in [7, 11) is 0. The number of benzene rings is 2. The molecule has 0 aromatic heterocycles. The van der Waals surface area contributed by atoms with Crippen molar-refractivity contribution in [2.45, 2.75) is 6.92 Å². The second kappa shape index (κ2) is 6.94. The van der Waals surface area contributed by atoms with E-state index in [9.17, 15) is 0 Å². The van der Waals surface area contributed by atoms with Crippen molar-refractivity contribution < 1.29 is 4.74 Å². The number of para-hydroxylation sites is 1. The van der Waals surface area contributed by atoms with E-state index < -0.39 is 0 Å². The molecule has 0 spiro atoms. The molecule has 0 heterocycles. The first-order valence-corrected chi connectivity index (χ1v) is 6.08. The van der Waals surface area contributed by atoms with Gasteiger partial charge in [0.2, 0.25) is 0 Å². The number of ether oxygens (including phenoxy) is 1. The van der Waals surface area contributed by atoms with E-state index in [1.807, 2.05) is 42.5 Å². The second-order valence-corrected chi connectivity index (χ2v) is 3.83. The van der Waals surface area contributed by atoms with Gasteiger partial charge in [0.25, 0.3) is 0 Å². The van der Waals surface area contributed by atoms with Gasteiger partial charge in [-0.3, -0.25) is 0 Å². The first-order chi connectivity index (χ1) is 9.42. The van der Waals surface area contributed by atoms with E-state index in [-0.39, 0.29) is 0 Å². The quantitative estimate of drug-likeness (QED) is 0.749.